The summed E-state index contributed by atoms with van der Waals surface area (Å²) in [7, 11) is 3.06. The molecule has 2 aromatic carbocycles. The third-order valence-corrected chi connectivity index (χ3v) is 4.19. The van der Waals surface area contributed by atoms with Crippen molar-refractivity contribution >= 4 is 46.8 Å². The smallest absolute Gasteiger partial charge is 0.307 e. The van der Waals surface area contributed by atoms with Gasteiger partial charge in [0.1, 0.15) is 19.3 Å². The van der Waals surface area contributed by atoms with Crippen LogP contribution in [-0.2, 0) is 9.53 Å². The molecular formula is C17H16BBrN2O6. The van der Waals surface area contributed by atoms with Crippen molar-refractivity contribution in [1.29, 1.82) is 0 Å². The number of esters is 1. The summed E-state index contributed by atoms with van der Waals surface area (Å²) in [5.41, 5.74) is 1.07. The Bertz CT molecular complexity index is 849. The second kappa shape index (κ2) is 9.18. The average Bonchev–Trinajstić information content (AvgIpc) is 2.64. The Morgan fingerprint density at radius 1 is 1.26 bits per heavy atom. The Balaban J connectivity index is 2.10. The van der Waals surface area contributed by atoms with Gasteiger partial charge in [-0.15, -0.1) is 0 Å². The second-order valence-corrected chi connectivity index (χ2v) is 6.39. The minimum Gasteiger partial charge on any atom is -0.469 e. The van der Waals surface area contributed by atoms with Gasteiger partial charge in [-0.2, -0.15) is 0 Å². The highest BCUT2D eigenvalue weighted by Crippen LogP contribution is 2.29. The summed E-state index contributed by atoms with van der Waals surface area (Å²) in [5, 5.41) is 13.3. The number of hydrogen-bond donors (Lipinski definition) is 1. The zero-order valence-electron chi connectivity index (χ0n) is 14.7. The lowest BCUT2D eigenvalue weighted by Crippen LogP contribution is -2.27. The third-order valence-electron chi connectivity index (χ3n) is 3.60. The number of nitro groups is 1. The van der Waals surface area contributed by atoms with Crippen LogP contribution in [0.5, 0.6) is 11.5 Å². The molecule has 0 aliphatic rings. The van der Waals surface area contributed by atoms with Crippen molar-refractivity contribution in [3.05, 3.63) is 56.5 Å². The molecule has 1 amide bonds. The van der Waals surface area contributed by atoms with Gasteiger partial charge in [-0.05, 0) is 39.6 Å². The zero-order valence-corrected chi connectivity index (χ0v) is 16.2. The van der Waals surface area contributed by atoms with Gasteiger partial charge in [0.05, 0.1) is 22.9 Å². The summed E-state index contributed by atoms with van der Waals surface area (Å²) in [6.45, 7) is 0.170. The lowest BCUT2D eigenvalue weighted by molar-refractivity contribution is -0.384. The predicted octanol–water partition coefficient (Wildman–Crippen LogP) is 1.70. The van der Waals surface area contributed by atoms with Crippen LogP contribution in [0, 0.1) is 10.1 Å². The molecule has 10 heteroatoms. The van der Waals surface area contributed by atoms with E-state index >= 15 is 0 Å². The van der Waals surface area contributed by atoms with E-state index in [1.54, 1.807) is 20.0 Å². The standard InChI is InChI=1S/C17H16BBrN2O6/c1-26-15(22)6-7-20-17(23)10-8-13(18)16(14(19)9-10)27-12-4-2-11(3-5-12)21(24)25/h2-5,8-9H,6-7,18H2,1H3,(H,20,23). The van der Waals surface area contributed by atoms with E-state index in [-0.39, 0.29) is 24.6 Å². The number of nitrogens with zero attached hydrogens (tertiary/aromatic N) is 1. The van der Waals surface area contributed by atoms with Crippen LogP contribution in [0.2, 0.25) is 0 Å². The molecule has 0 spiro atoms. The lowest BCUT2D eigenvalue weighted by Gasteiger charge is -2.13. The lowest BCUT2D eigenvalue weighted by atomic mass is 9.93. The molecule has 2 rings (SSSR count). The molecule has 0 radical (unpaired) electrons. The van der Waals surface area contributed by atoms with Gasteiger partial charge in [-0.25, -0.2) is 0 Å². The van der Waals surface area contributed by atoms with E-state index in [1.165, 1.54) is 31.4 Å². The first-order valence-corrected chi connectivity index (χ1v) is 8.68. The molecule has 0 saturated carbocycles. The van der Waals surface area contributed by atoms with E-state index in [0.29, 0.717) is 27.0 Å². The number of carbonyl (C=O) groups is 2. The normalized spacial score (nSPS) is 10.1. The largest absolute Gasteiger partial charge is 0.469 e. The molecule has 0 bridgehead atoms. The van der Waals surface area contributed by atoms with Gasteiger partial charge in [0.15, 0.2) is 0 Å². The second-order valence-electron chi connectivity index (χ2n) is 5.54. The number of non-ortho nitro benzene ring substituents is 1. The first-order chi connectivity index (χ1) is 12.8. The Morgan fingerprint density at radius 3 is 2.48 bits per heavy atom. The first kappa shape index (κ1) is 20.4. The van der Waals surface area contributed by atoms with Crippen molar-refractivity contribution in [3.8, 4) is 11.5 Å². The summed E-state index contributed by atoms with van der Waals surface area (Å²) in [6, 6.07) is 8.94. The number of nitrogens with one attached hydrogen (secondary N) is 1. The summed E-state index contributed by atoms with van der Waals surface area (Å²) < 4.78 is 10.8. The Labute approximate surface area is 164 Å². The van der Waals surface area contributed by atoms with E-state index in [0.717, 1.165) is 0 Å². The number of halogens is 1. The maximum absolute atomic E-state index is 12.2. The van der Waals surface area contributed by atoms with E-state index < -0.39 is 10.9 Å². The third kappa shape index (κ3) is 5.55. The molecule has 27 heavy (non-hydrogen) atoms. The van der Waals surface area contributed by atoms with Crippen molar-refractivity contribution < 1.29 is 24.0 Å². The number of benzene rings is 2. The molecule has 0 aliphatic carbocycles. The molecule has 0 aliphatic heterocycles. The highest BCUT2D eigenvalue weighted by Gasteiger charge is 2.14. The first-order valence-electron chi connectivity index (χ1n) is 7.89. The molecule has 8 nitrogen and oxygen atoms in total. The highest BCUT2D eigenvalue weighted by molar-refractivity contribution is 9.10. The molecular weight excluding hydrogens is 419 g/mol. The topological polar surface area (TPSA) is 108 Å². The molecule has 1 N–H and O–H groups in total. The number of hydrogen-bond acceptors (Lipinski definition) is 6. The zero-order chi connectivity index (χ0) is 20.0. The monoisotopic (exact) mass is 434 g/mol. The fourth-order valence-corrected chi connectivity index (χ4v) is 2.87. The number of nitro benzene ring substituents is 1. The van der Waals surface area contributed by atoms with Crippen molar-refractivity contribution in [1.82, 2.24) is 5.32 Å². The Hall–Kier alpha value is -2.88. The van der Waals surface area contributed by atoms with Gasteiger partial charge in [0.25, 0.3) is 11.6 Å². The van der Waals surface area contributed by atoms with Crippen molar-refractivity contribution in [3.63, 3.8) is 0 Å². The van der Waals surface area contributed by atoms with Crippen molar-refractivity contribution in [2.75, 3.05) is 13.7 Å². The van der Waals surface area contributed by atoms with Crippen LogP contribution >= 0.6 is 15.9 Å². The molecule has 0 saturated heterocycles. The SMILES string of the molecule is Bc1cc(C(=O)NCCC(=O)OC)cc(Br)c1Oc1ccc([N+](=O)[O-])cc1. The van der Waals surface area contributed by atoms with Crippen LogP contribution in [0.15, 0.2) is 40.9 Å². The van der Waals surface area contributed by atoms with Gasteiger partial charge in [-0.1, -0.05) is 6.07 Å². The van der Waals surface area contributed by atoms with Crippen LogP contribution < -0.4 is 15.5 Å². The Kier molecular flexibility index (Phi) is 6.94. The predicted molar refractivity (Wildman–Crippen MR) is 104 cm³/mol. The number of amides is 1. The van der Waals surface area contributed by atoms with Crippen LogP contribution in [-0.4, -0.2) is 38.3 Å². The fraction of sp³-hybridized carbons (Fsp3) is 0.176. The highest BCUT2D eigenvalue weighted by atomic mass is 79.9. The van der Waals surface area contributed by atoms with Crippen LogP contribution in [0.1, 0.15) is 16.8 Å². The van der Waals surface area contributed by atoms with Crippen LogP contribution in [0.3, 0.4) is 0 Å². The molecule has 0 unspecified atom stereocenters. The van der Waals surface area contributed by atoms with Crippen LogP contribution in [0.4, 0.5) is 5.69 Å². The molecule has 0 aromatic heterocycles. The minimum atomic E-state index is -0.488. The van der Waals surface area contributed by atoms with Crippen molar-refractivity contribution in [2.45, 2.75) is 6.42 Å². The quantitative estimate of drug-likeness (QED) is 0.307. The van der Waals surface area contributed by atoms with Crippen LogP contribution in [0.25, 0.3) is 0 Å². The number of methoxy groups -OCH3 is 1. The maximum atomic E-state index is 12.2. The van der Waals surface area contributed by atoms with Crippen molar-refractivity contribution in [2.24, 2.45) is 0 Å². The fourth-order valence-electron chi connectivity index (χ4n) is 2.23. The van der Waals surface area contributed by atoms with Gasteiger partial charge >= 0.3 is 5.97 Å². The van der Waals surface area contributed by atoms with E-state index in [9.17, 15) is 19.7 Å². The van der Waals surface area contributed by atoms with E-state index in [1.807, 2.05) is 0 Å². The summed E-state index contributed by atoms with van der Waals surface area (Å²) >= 11 is 3.38. The number of carbonyl (C=O) groups excluding carboxylic acids is 2. The average molecular weight is 435 g/mol. The Morgan fingerprint density at radius 2 is 1.93 bits per heavy atom. The van der Waals surface area contributed by atoms with Gasteiger partial charge < -0.3 is 14.8 Å². The maximum Gasteiger partial charge on any atom is 0.307 e. The molecule has 140 valence electrons. The van der Waals surface area contributed by atoms with E-state index in [4.69, 9.17) is 4.74 Å². The summed E-state index contributed by atoms with van der Waals surface area (Å²) in [4.78, 5) is 33.5. The van der Waals surface area contributed by atoms with Gasteiger partial charge in [0.2, 0.25) is 0 Å². The van der Waals surface area contributed by atoms with Gasteiger partial charge in [0, 0.05) is 24.2 Å². The summed E-state index contributed by atoms with van der Waals surface area (Å²) in [6.07, 6.45) is 0.0870. The summed E-state index contributed by atoms with van der Waals surface area (Å²) in [5.74, 6) is 0.193. The molecule has 0 atom stereocenters. The molecule has 0 fully saturated rings. The number of rotatable bonds is 7. The number of ether oxygens (including phenoxy) is 2. The van der Waals surface area contributed by atoms with E-state index in [2.05, 4.69) is 26.0 Å². The molecule has 2 aromatic rings. The molecule has 0 heterocycles. The van der Waals surface area contributed by atoms with Gasteiger partial charge in [-0.3, -0.25) is 19.7 Å². The minimum absolute atomic E-state index is 0.0305.